The van der Waals surface area contributed by atoms with Gasteiger partial charge in [0.2, 0.25) is 0 Å². The molecule has 0 unspecified atom stereocenters. The second-order valence-electron chi connectivity index (χ2n) is 3.41. The molecule has 0 bridgehead atoms. The van der Waals surface area contributed by atoms with E-state index in [1.54, 1.807) is 6.20 Å². The summed E-state index contributed by atoms with van der Waals surface area (Å²) in [6.45, 7) is 4.08. The molecular formula is C9H18N4. The Kier molecular flexibility index (Phi) is 3.76. The Morgan fingerprint density at radius 3 is 2.85 bits per heavy atom. The largest absolute Gasteiger partial charge is 0.325 e. The summed E-state index contributed by atoms with van der Waals surface area (Å²) < 4.78 is 1.95. The van der Waals surface area contributed by atoms with Gasteiger partial charge in [-0.05, 0) is 34.0 Å². The van der Waals surface area contributed by atoms with Gasteiger partial charge in [0.15, 0.2) is 0 Å². The first-order chi connectivity index (χ1) is 6.20. The summed E-state index contributed by atoms with van der Waals surface area (Å²) in [4.78, 5) is 6.30. The molecule has 0 spiro atoms. The van der Waals surface area contributed by atoms with E-state index in [9.17, 15) is 0 Å². The van der Waals surface area contributed by atoms with Gasteiger partial charge in [-0.15, -0.1) is 0 Å². The minimum absolute atomic E-state index is 0.982. The molecule has 0 amide bonds. The van der Waals surface area contributed by atoms with E-state index in [0.717, 1.165) is 25.3 Å². The van der Waals surface area contributed by atoms with Crippen molar-refractivity contribution in [1.29, 1.82) is 0 Å². The number of hydrogen-bond acceptors (Lipinski definition) is 3. The minimum Gasteiger partial charge on any atom is -0.325 e. The van der Waals surface area contributed by atoms with Gasteiger partial charge in [0.05, 0.1) is 0 Å². The SMILES string of the molecule is Cc1nccn1NCCCN(C)C. The second-order valence-corrected chi connectivity index (χ2v) is 3.41. The summed E-state index contributed by atoms with van der Waals surface area (Å²) in [5, 5.41) is 0. The Morgan fingerprint density at radius 1 is 1.54 bits per heavy atom. The molecule has 74 valence electrons. The predicted octanol–water partition coefficient (Wildman–Crippen LogP) is 0.687. The van der Waals surface area contributed by atoms with Crippen LogP contribution in [0.4, 0.5) is 0 Å². The molecule has 0 aliphatic carbocycles. The van der Waals surface area contributed by atoms with E-state index < -0.39 is 0 Å². The van der Waals surface area contributed by atoms with Crippen LogP contribution in [0.2, 0.25) is 0 Å². The lowest BCUT2D eigenvalue weighted by molar-refractivity contribution is 0.403. The van der Waals surface area contributed by atoms with Crippen molar-refractivity contribution in [2.24, 2.45) is 0 Å². The summed E-state index contributed by atoms with van der Waals surface area (Å²) in [5.74, 6) is 1.00. The molecule has 1 heterocycles. The molecule has 0 saturated carbocycles. The van der Waals surface area contributed by atoms with Crippen molar-refractivity contribution in [2.75, 3.05) is 32.6 Å². The van der Waals surface area contributed by atoms with Crippen LogP contribution in [0.3, 0.4) is 0 Å². The van der Waals surface area contributed by atoms with Crippen molar-refractivity contribution in [1.82, 2.24) is 14.6 Å². The Hall–Kier alpha value is -1.03. The number of aryl methyl sites for hydroxylation is 1. The van der Waals surface area contributed by atoms with Gasteiger partial charge < -0.3 is 10.3 Å². The lowest BCUT2D eigenvalue weighted by Crippen LogP contribution is -2.21. The first kappa shape index (κ1) is 10.1. The zero-order valence-corrected chi connectivity index (χ0v) is 8.62. The molecular weight excluding hydrogens is 164 g/mol. The van der Waals surface area contributed by atoms with E-state index >= 15 is 0 Å². The highest BCUT2D eigenvalue weighted by Crippen LogP contribution is 1.91. The Labute approximate surface area is 79.5 Å². The normalized spacial score (nSPS) is 10.8. The maximum atomic E-state index is 4.12. The third-order valence-corrected chi connectivity index (χ3v) is 1.89. The topological polar surface area (TPSA) is 33.1 Å². The molecule has 1 aromatic heterocycles. The molecule has 0 radical (unpaired) electrons. The second kappa shape index (κ2) is 4.87. The zero-order chi connectivity index (χ0) is 9.68. The molecule has 4 nitrogen and oxygen atoms in total. The molecule has 1 aromatic rings. The van der Waals surface area contributed by atoms with Crippen LogP contribution in [0.15, 0.2) is 12.4 Å². The summed E-state index contributed by atoms with van der Waals surface area (Å²) in [6.07, 6.45) is 4.88. The number of rotatable bonds is 5. The van der Waals surface area contributed by atoms with Gasteiger partial charge in [-0.1, -0.05) is 0 Å². The average molecular weight is 182 g/mol. The van der Waals surface area contributed by atoms with Crippen LogP contribution in [0.25, 0.3) is 0 Å². The Balaban J connectivity index is 2.17. The van der Waals surface area contributed by atoms with Crippen molar-refractivity contribution >= 4 is 0 Å². The molecule has 4 heteroatoms. The van der Waals surface area contributed by atoms with Gasteiger partial charge in [-0.2, -0.15) is 0 Å². The highest BCUT2D eigenvalue weighted by molar-refractivity contribution is 4.91. The van der Waals surface area contributed by atoms with Crippen LogP contribution in [0, 0.1) is 6.92 Å². The standard InChI is InChI=1S/C9H18N4/c1-9-10-6-8-13(9)11-5-4-7-12(2)3/h6,8,11H,4-5,7H2,1-3H3. The molecule has 0 aromatic carbocycles. The molecule has 13 heavy (non-hydrogen) atoms. The van der Waals surface area contributed by atoms with Crippen LogP contribution in [-0.2, 0) is 0 Å². The summed E-state index contributed by atoms with van der Waals surface area (Å²) in [6, 6.07) is 0. The zero-order valence-electron chi connectivity index (χ0n) is 8.62. The third-order valence-electron chi connectivity index (χ3n) is 1.89. The Morgan fingerprint density at radius 2 is 2.31 bits per heavy atom. The third kappa shape index (κ3) is 3.46. The van der Waals surface area contributed by atoms with Crippen LogP contribution < -0.4 is 5.43 Å². The molecule has 0 saturated heterocycles. The first-order valence-corrected chi connectivity index (χ1v) is 4.58. The number of imidazole rings is 1. The molecule has 0 atom stereocenters. The number of hydrogen-bond donors (Lipinski definition) is 1. The lowest BCUT2D eigenvalue weighted by Gasteiger charge is -2.11. The molecule has 1 rings (SSSR count). The van der Waals surface area contributed by atoms with Gasteiger partial charge in [0.25, 0.3) is 0 Å². The highest BCUT2D eigenvalue weighted by Gasteiger charge is 1.94. The van der Waals surface area contributed by atoms with Crippen LogP contribution >= 0.6 is 0 Å². The molecule has 0 aliphatic rings. The average Bonchev–Trinajstić information content (AvgIpc) is 2.45. The summed E-state index contributed by atoms with van der Waals surface area (Å²) >= 11 is 0. The van der Waals surface area contributed by atoms with Gasteiger partial charge >= 0.3 is 0 Å². The Bertz CT molecular complexity index is 242. The fourth-order valence-corrected chi connectivity index (χ4v) is 1.14. The smallest absolute Gasteiger partial charge is 0.124 e. The molecule has 0 fully saturated rings. The van der Waals surface area contributed by atoms with Crippen LogP contribution in [0.1, 0.15) is 12.2 Å². The van der Waals surface area contributed by atoms with Crippen molar-refractivity contribution < 1.29 is 0 Å². The van der Waals surface area contributed by atoms with Gasteiger partial charge in [0, 0.05) is 18.9 Å². The number of nitrogens with zero attached hydrogens (tertiary/aromatic N) is 3. The number of nitrogens with one attached hydrogen (secondary N) is 1. The monoisotopic (exact) mass is 182 g/mol. The van der Waals surface area contributed by atoms with E-state index in [-0.39, 0.29) is 0 Å². The van der Waals surface area contributed by atoms with E-state index in [0.29, 0.717) is 0 Å². The summed E-state index contributed by atoms with van der Waals surface area (Å²) in [5.41, 5.74) is 3.28. The van der Waals surface area contributed by atoms with Gasteiger partial charge in [-0.3, -0.25) is 4.68 Å². The first-order valence-electron chi connectivity index (χ1n) is 4.58. The number of aromatic nitrogens is 2. The summed E-state index contributed by atoms with van der Waals surface area (Å²) in [7, 11) is 4.17. The van der Waals surface area contributed by atoms with Crippen LogP contribution in [0.5, 0.6) is 0 Å². The van der Waals surface area contributed by atoms with Crippen molar-refractivity contribution in [2.45, 2.75) is 13.3 Å². The van der Waals surface area contributed by atoms with Gasteiger partial charge in [-0.25, -0.2) is 4.98 Å². The molecule has 1 N–H and O–H groups in total. The maximum absolute atomic E-state index is 4.12. The van der Waals surface area contributed by atoms with Crippen molar-refractivity contribution in [3.8, 4) is 0 Å². The van der Waals surface area contributed by atoms with E-state index in [4.69, 9.17) is 0 Å². The quantitative estimate of drug-likeness (QED) is 0.680. The minimum atomic E-state index is 0.982. The van der Waals surface area contributed by atoms with Crippen molar-refractivity contribution in [3.63, 3.8) is 0 Å². The van der Waals surface area contributed by atoms with E-state index in [1.165, 1.54) is 0 Å². The fourth-order valence-electron chi connectivity index (χ4n) is 1.14. The van der Waals surface area contributed by atoms with Crippen molar-refractivity contribution in [3.05, 3.63) is 18.2 Å². The van der Waals surface area contributed by atoms with Crippen LogP contribution in [-0.4, -0.2) is 41.7 Å². The molecule has 0 aliphatic heterocycles. The highest BCUT2D eigenvalue weighted by atomic mass is 15.4. The lowest BCUT2D eigenvalue weighted by atomic mass is 10.4. The maximum Gasteiger partial charge on any atom is 0.124 e. The van der Waals surface area contributed by atoms with Gasteiger partial charge in [0.1, 0.15) is 5.82 Å². The predicted molar refractivity (Wildman–Crippen MR) is 54.4 cm³/mol. The fraction of sp³-hybridized carbons (Fsp3) is 0.667. The van der Waals surface area contributed by atoms with E-state index in [1.807, 2.05) is 17.8 Å². The van der Waals surface area contributed by atoms with E-state index in [2.05, 4.69) is 29.4 Å².